The summed E-state index contributed by atoms with van der Waals surface area (Å²) < 4.78 is 0. The van der Waals surface area contributed by atoms with Crippen LogP contribution >= 0.6 is 0 Å². The SMILES string of the molecule is CCCCCCN=C1NN(C2=CC(=O)C=CC2=O)N(C2=CC(=O)C=CC2=O)C(c2ccc[nH]2)=C1CCc1ccccc1. The van der Waals surface area contributed by atoms with Crippen molar-refractivity contribution in [3.05, 3.63) is 113 Å². The van der Waals surface area contributed by atoms with Crippen LogP contribution in [0, 0.1) is 0 Å². The van der Waals surface area contributed by atoms with Crippen molar-refractivity contribution in [3.63, 3.8) is 0 Å². The van der Waals surface area contributed by atoms with Crippen LogP contribution in [0.15, 0.2) is 107 Å². The fourth-order valence-corrected chi connectivity index (χ4v) is 5.04. The number of nitrogens with one attached hydrogen (secondary N) is 2. The molecule has 0 bridgehead atoms. The molecule has 2 heterocycles. The number of unbranched alkanes of at least 4 members (excludes halogenated alkanes) is 3. The van der Waals surface area contributed by atoms with Crippen LogP contribution in [0.25, 0.3) is 5.70 Å². The number of carbonyl (C=O) groups is 4. The molecule has 2 aromatic rings. The van der Waals surface area contributed by atoms with Gasteiger partial charge in [0.1, 0.15) is 17.2 Å². The highest BCUT2D eigenvalue weighted by molar-refractivity contribution is 6.19. The molecule has 0 saturated heterocycles. The highest BCUT2D eigenvalue weighted by Crippen LogP contribution is 2.36. The number of nitrogens with zero attached hydrogens (tertiary/aromatic N) is 3. The summed E-state index contributed by atoms with van der Waals surface area (Å²) in [7, 11) is 0. The molecule has 3 aliphatic rings. The number of hydrogen-bond acceptors (Lipinski definition) is 7. The van der Waals surface area contributed by atoms with E-state index in [-0.39, 0.29) is 23.0 Å². The van der Waals surface area contributed by atoms with Gasteiger partial charge in [-0.25, -0.2) is 5.01 Å². The van der Waals surface area contributed by atoms with Crippen LogP contribution in [0.4, 0.5) is 0 Å². The van der Waals surface area contributed by atoms with Crippen LogP contribution in [0.1, 0.15) is 50.3 Å². The first-order valence-electron chi connectivity index (χ1n) is 14.2. The number of allylic oxidation sites excluding steroid dienone is 6. The summed E-state index contributed by atoms with van der Waals surface area (Å²) in [4.78, 5) is 59.7. The number of H-pyrrole nitrogens is 1. The summed E-state index contributed by atoms with van der Waals surface area (Å²) in [5.74, 6) is -1.05. The van der Waals surface area contributed by atoms with Crippen LogP contribution in [0.2, 0.25) is 0 Å². The van der Waals surface area contributed by atoms with Crippen LogP contribution in [0.5, 0.6) is 0 Å². The summed E-state index contributed by atoms with van der Waals surface area (Å²) in [6, 6.07) is 13.7. The number of aliphatic imine (C=N–C) groups is 1. The van der Waals surface area contributed by atoms with Crippen molar-refractivity contribution in [2.75, 3.05) is 6.54 Å². The molecule has 0 saturated carbocycles. The van der Waals surface area contributed by atoms with Gasteiger partial charge in [0, 0.05) is 30.5 Å². The van der Waals surface area contributed by atoms with Gasteiger partial charge in [0.25, 0.3) is 0 Å². The second-order valence-electron chi connectivity index (χ2n) is 10.2. The molecular formula is C33H33N5O4. The Labute approximate surface area is 244 Å². The summed E-state index contributed by atoms with van der Waals surface area (Å²) >= 11 is 0. The first kappa shape index (κ1) is 28.5. The van der Waals surface area contributed by atoms with Crippen LogP contribution in [-0.2, 0) is 25.6 Å². The lowest BCUT2D eigenvalue weighted by atomic mass is 9.98. The van der Waals surface area contributed by atoms with Crippen LogP contribution in [0.3, 0.4) is 0 Å². The summed E-state index contributed by atoms with van der Waals surface area (Å²) in [6.07, 6.45) is 14.4. The van der Waals surface area contributed by atoms with Crippen molar-refractivity contribution in [1.29, 1.82) is 0 Å². The second-order valence-corrected chi connectivity index (χ2v) is 10.2. The fraction of sp³-hybridized carbons (Fsp3) is 0.242. The Morgan fingerprint density at radius 2 is 1.48 bits per heavy atom. The zero-order chi connectivity index (χ0) is 29.5. The van der Waals surface area contributed by atoms with E-state index in [2.05, 4.69) is 29.5 Å². The number of aromatic amines is 1. The predicted molar refractivity (Wildman–Crippen MR) is 160 cm³/mol. The van der Waals surface area contributed by atoms with Gasteiger partial charge in [-0.15, -0.1) is 0 Å². The molecule has 9 nitrogen and oxygen atoms in total. The molecule has 1 aromatic carbocycles. The van der Waals surface area contributed by atoms with Crippen molar-refractivity contribution in [1.82, 2.24) is 20.5 Å². The average Bonchev–Trinajstić information content (AvgIpc) is 3.53. The molecule has 0 atom stereocenters. The van der Waals surface area contributed by atoms with Gasteiger partial charge in [-0.05, 0) is 61.3 Å². The van der Waals surface area contributed by atoms with Crippen LogP contribution in [-0.4, -0.2) is 50.6 Å². The third-order valence-electron chi connectivity index (χ3n) is 7.15. The topological polar surface area (TPSA) is 115 Å². The third kappa shape index (κ3) is 6.30. The Bertz CT molecular complexity index is 1560. The van der Waals surface area contributed by atoms with Gasteiger partial charge >= 0.3 is 0 Å². The van der Waals surface area contributed by atoms with E-state index in [4.69, 9.17) is 4.99 Å². The number of carbonyl (C=O) groups excluding carboxylic acids is 4. The molecule has 42 heavy (non-hydrogen) atoms. The zero-order valence-electron chi connectivity index (χ0n) is 23.5. The van der Waals surface area contributed by atoms with E-state index in [0.29, 0.717) is 36.6 Å². The van der Waals surface area contributed by atoms with Crippen molar-refractivity contribution in [3.8, 4) is 0 Å². The molecule has 0 radical (unpaired) electrons. The molecule has 9 heteroatoms. The quantitative estimate of drug-likeness (QED) is 0.304. The van der Waals surface area contributed by atoms with E-state index in [9.17, 15) is 19.2 Å². The van der Waals surface area contributed by atoms with E-state index in [1.165, 1.54) is 46.6 Å². The van der Waals surface area contributed by atoms with Gasteiger partial charge in [0.05, 0.1) is 11.4 Å². The van der Waals surface area contributed by atoms with Gasteiger partial charge in [-0.2, -0.15) is 5.12 Å². The fourth-order valence-electron chi connectivity index (χ4n) is 5.04. The molecule has 5 rings (SSSR count). The first-order chi connectivity index (χ1) is 20.5. The van der Waals surface area contributed by atoms with Crippen molar-refractivity contribution in [2.45, 2.75) is 45.4 Å². The highest BCUT2D eigenvalue weighted by Gasteiger charge is 2.39. The molecule has 0 amide bonds. The minimum absolute atomic E-state index is 0.00282. The standard InChI is InChI=1S/C33H33N5O4/c1-2-3-4-8-19-35-33-26(16-13-23-10-6-5-7-11-23)32(27-12-9-20-34-27)37(28-21-24(39)14-17-30(28)41)38(36-33)29-22-25(40)15-18-31(29)42/h5-7,9-12,14-15,17-18,20-22,34H,2-4,8,13,16,19H2,1H3,(H,35,36). The predicted octanol–water partition coefficient (Wildman–Crippen LogP) is 4.56. The number of ketones is 4. The molecule has 2 N–H and O–H groups in total. The second kappa shape index (κ2) is 13.1. The number of hydrogen-bond donors (Lipinski definition) is 2. The minimum atomic E-state index is -0.432. The first-order valence-corrected chi connectivity index (χ1v) is 14.2. The molecule has 2 aliphatic carbocycles. The monoisotopic (exact) mass is 563 g/mol. The average molecular weight is 564 g/mol. The van der Waals surface area contributed by atoms with Gasteiger partial charge in [-0.3, -0.25) is 29.6 Å². The Morgan fingerprint density at radius 1 is 0.762 bits per heavy atom. The molecule has 0 unspecified atom stereocenters. The number of amidine groups is 1. The molecule has 0 fully saturated rings. The molecular weight excluding hydrogens is 530 g/mol. The number of aromatic nitrogens is 1. The summed E-state index contributed by atoms with van der Waals surface area (Å²) in [6.45, 7) is 2.71. The van der Waals surface area contributed by atoms with Gasteiger partial charge in [0.2, 0.25) is 11.6 Å². The van der Waals surface area contributed by atoms with Gasteiger partial charge < -0.3 is 4.98 Å². The lowest BCUT2D eigenvalue weighted by Crippen LogP contribution is -2.58. The van der Waals surface area contributed by atoms with E-state index in [1.54, 1.807) is 6.20 Å². The highest BCUT2D eigenvalue weighted by atomic mass is 16.2. The maximum absolute atomic E-state index is 13.3. The van der Waals surface area contributed by atoms with Crippen LogP contribution < -0.4 is 5.43 Å². The van der Waals surface area contributed by atoms with Gasteiger partial charge in [-0.1, -0.05) is 56.5 Å². The Kier molecular flexibility index (Phi) is 8.87. The lowest BCUT2D eigenvalue weighted by Gasteiger charge is -2.45. The maximum atomic E-state index is 13.3. The van der Waals surface area contributed by atoms with Crippen molar-refractivity contribution < 1.29 is 19.2 Å². The van der Waals surface area contributed by atoms with E-state index >= 15 is 0 Å². The van der Waals surface area contributed by atoms with Crippen molar-refractivity contribution >= 4 is 34.7 Å². The Morgan fingerprint density at radius 3 is 2.17 bits per heavy atom. The largest absolute Gasteiger partial charge is 0.360 e. The lowest BCUT2D eigenvalue weighted by molar-refractivity contribution is -0.120. The zero-order valence-corrected chi connectivity index (χ0v) is 23.5. The van der Waals surface area contributed by atoms with E-state index < -0.39 is 11.6 Å². The molecule has 1 aliphatic heterocycles. The smallest absolute Gasteiger partial charge is 0.206 e. The normalized spacial score (nSPS) is 18.2. The Balaban J connectivity index is 1.70. The van der Waals surface area contributed by atoms with E-state index in [0.717, 1.165) is 36.8 Å². The summed E-state index contributed by atoms with van der Waals surface area (Å²) in [5, 5.41) is 2.88. The maximum Gasteiger partial charge on any atom is 0.206 e. The molecule has 1 aromatic heterocycles. The minimum Gasteiger partial charge on any atom is -0.360 e. The van der Waals surface area contributed by atoms with Gasteiger partial charge in [0.15, 0.2) is 11.6 Å². The van der Waals surface area contributed by atoms with Crippen molar-refractivity contribution in [2.24, 2.45) is 4.99 Å². The number of rotatable bonds is 11. The van der Waals surface area contributed by atoms with E-state index in [1.807, 2.05) is 30.3 Å². The summed E-state index contributed by atoms with van der Waals surface area (Å²) in [5.41, 5.74) is 6.44. The molecule has 214 valence electrons. The number of aryl methyl sites for hydroxylation is 1. The third-order valence-corrected chi connectivity index (χ3v) is 7.15. The number of benzene rings is 1. The Hall–Kier alpha value is -5.05. The molecule has 0 spiro atoms. The number of hydrazine groups is 2.